The molecule has 0 saturated carbocycles. The van der Waals surface area contributed by atoms with Crippen LogP contribution < -0.4 is 10.6 Å². The van der Waals surface area contributed by atoms with E-state index in [-0.39, 0.29) is 6.03 Å². The fourth-order valence-electron chi connectivity index (χ4n) is 1.96. The van der Waals surface area contributed by atoms with Crippen molar-refractivity contribution in [1.82, 2.24) is 14.9 Å². The minimum absolute atomic E-state index is 0.256. The van der Waals surface area contributed by atoms with Crippen molar-refractivity contribution in [2.45, 2.75) is 6.54 Å². The Balaban J connectivity index is 1.59. The van der Waals surface area contributed by atoms with E-state index in [0.717, 1.165) is 16.8 Å². The molecule has 3 rings (SSSR count). The first-order chi connectivity index (χ1) is 10.2. The van der Waals surface area contributed by atoms with Gasteiger partial charge in [-0.25, -0.2) is 9.31 Å². The largest absolute Gasteiger partial charge is 0.334 e. The first-order valence-corrected chi connectivity index (χ1v) is 6.81. The second kappa shape index (κ2) is 5.85. The van der Waals surface area contributed by atoms with Gasteiger partial charge in [-0.05, 0) is 35.9 Å². The molecule has 0 unspecified atom stereocenters. The number of pyridine rings is 1. The van der Waals surface area contributed by atoms with Gasteiger partial charge in [-0.15, -0.1) is 0 Å². The number of anilines is 1. The molecule has 106 valence electrons. The van der Waals surface area contributed by atoms with Crippen LogP contribution in [-0.4, -0.2) is 15.6 Å². The van der Waals surface area contributed by atoms with Crippen molar-refractivity contribution in [3.05, 3.63) is 65.4 Å². The number of carbonyl (C=O) groups is 1. The van der Waals surface area contributed by atoms with E-state index in [1.165, 1.54) is 0 Å². The molecule has 1 aromatic carbocycles. The first-order valence-electron chi connectivity index (χ1n) is 6.43. The Morgan fingerprint density at radius 1 is 1.19 bits per heavy atom. The lowest BCUT2D eigenvalue weighted by molar-refractivity contribution is 0.251. The zero-order valence-corrected chi connectivity index (χ0v) is 11.8. The van der Waals surface area contributed by atoms with Gasteiger partial charge in [-0.1, -0.05) is 23.7 Å². The lowest BCUT2D eigenvalue weighted by Crippen LogP contribution is -2.28. The molecule has 3 aromatic rings. The third kappa shape index (κ3) is 3.32. The summed E-state index contributed by atoms with van der Waals surface area (Å²) in [5.74, 6) is 0. The Morgan fingerprint density at radius 3 is 2.81 bits per heavy atom. The number of urea groups is 1. The van der Waals surface area contributed by atoms with Crippen LogP contribution in [0.4, 0.5) is 10.5 Å². The predicted octanol–water partition coefficient (Wildman–Crippen LogP) is 3.31. The van der Waals surface area contributed by atoms with Crippen molar-refractivity contribution in [3.8, 4) is 0 Å². The number of halogens is 1. The Labute approximate surface area is 126 Å². The average molecular weight is 301 g/mol. The van der Waals surface area contributed by atoms with Crippen LogP contribution in [0.15, 0.2) is 54.9 Å². The number of nitrogens with one attached hydrogen (secondary N) is 2. The zero-order valence-electron chi connectivity index (χ0n) is 11.1. The van der Waals surface area contributed by atoms with Crippen molar-refractivity contribution in [2.75, 3.05) is 5.32 Å². The molecular formula is C15H13ClN4O. The third-order valence-electron chi connectivity index (χ3n) is 3.02. The highest BCUT2D eigenvalue weighted by atomic mass is 35.5. The van der Waals surface area contributed by atoms with Crippen molar-refractivity contribution in [2.24, 2.45) is 0 Å². The molecule has 0 aliphatic rings. The van der Waals surface area contributed by atoms with Crippen molar-refractivity contribution >= 4 is 28.8 Å². The number of amides is 2. The topological polar surface area (TPSA) is 58.4 Å². The molecule has 0 aliphatic carbocycles. The Bertz CT molecular complexity index is 767. The number of fused-ring (bicyclic) bond motifs is 1. The van der Waals surface area contributed by atoms with E-state index in [0.29, 0.717) is 11.6 Å². The fourth-order valence-corrected chi connectivity index (χ4v) is 2.09. The molecule has 2 amide bonds. The number of rotatable bonds is 3. The number of carbonyl (C=O) groups excluding carboxylic acids is 1. The monoisotopic (exact) mass is 300 g/mol. The quantitative estimate of drug-likeness (QED) is 0.779. The summed E-state index contributed by atoms with van der Waals surface area (Å²) in [6, 6.07) is 12.6. The van der Waals surface area contributed by atoms with Gasteiger partial charge in [0.1, 0.15) is 0 Å². The molecular weight excluding hydrogens is 288 g/mol. The molecule has 21 heavy (non-hydrogen) atoms. The van der Waals surface area contributed by atoms with E-state index in [4.69, 9.17) is 11.6 Å². The van der Waals surface area contributed by atoms with Gasteiger partial charge < -0.3 is 10.6 Å². The molecule has 0 saturated heterocycles. The molecule has 2 heterocycles. The maximum absolute atomic E-state index is 11.9. The molecule has 0 spiro atoms. The first kappa shape index (κ1) is 13.5. The second-order valence-corrected chi connectivity index (χ2v) is 4.99. The highest BCUT2D eigenvalue weighted by molar-refractivity contribution is 6.30. The molecule has 6 heteroatoms. The maximum atomic E-state index is 11.9. The van der Waals surface area contributed by atoms with Gasteiger partial charge in [0.05, 0.1) is 5.52 Å². The molecule has 0 bridgehead atoms. The number of nitrogens with zero attached hydrogens (tertiary/aromatic N) is 2. The van der Waals surface area contributed by atoms with Gasteiger partial charge >= 0.3 is 6.03 Å². The highest BCUT2D eigenvalue weighted by Crippen LogP contribution is 2.12. The highest BCUT2D eigenvalue weighted by Gasteiger charge is 2.03. The summed E-state index contributed by atoms with van der Waals surface area (Å²) in [5, 5.41) is 10.4. The number of hydrogen-bond acceptors (Lipinski definition) is 2. The normalized spacial score (nSPS) is 10.5. The van der Waals surface area contributed by atoms with E-state index in [1.54, 1.807) is 35.1 Å². The van der Waals surface area contributed by atoms with Crippen LogP contribution in [0.25, 0.3) is 5.52 Å². The van der Waals surface area contributed by atoms with Gasteiger partial charge in [0.2, 0.25) is 0 Å². The van der Waals surface area contributed by atoms with Crippen molar-refractivity contribution in [1.29, 1.82) is 0 Å². The van der Waals surface area contributed by atoms with Crippen LogP contribution >= 0.6 is 11.6 Å². The van der Waals surface area contributed by atoms with E-state index >= 15 is 0 Å². The van der Waals surface area contributed by atoms with Crippen molar-refractivity contribution in [3.63, 3.8) is 0 Å². The summed E-state index contributed by atoms with van der Waals surface area (Å²) < 4.78 is 1.73. The van der Waals surface area contributed by atoms with Crippen LogP contribution in [0, 0.1) is 0 Å². The SMILES string of the molecule is O=C(NCc1ccc(Cl)cc1)Nc1ccn2nccc2c1. The summed E-state index contributed by atoms with van der Waals surface area (Å²) in [7, 11) is 0. The number of hydrogen-bond donors (Lipinski definition) is 2. The lowest BCUT2D eigenvalue weighted by atomic mass is 10.2. The number of aromatic nitrogens is 2. The van der Waals surface area contributed by atoms with Crippen LogP contribution in [0.2, 0.25) is 5.02 Å². The van der Waals surface area contributed by atoms with E-state index in [9.17, 15) is 4.79 Å². The molecule has 0 fully saturated rings. The Hall–Kier alpha value is -2.53. The predicted molar refractivity (Wildman–Crippen MR) is 82.5 cm³/mol. The molecule has 2 aromatic heterocycles. The standard InChI is InChI=1S/C15H13ClN4O/c16-12-3-1-11(2-4-12)10-17-15(21)19-13-6-8-20-14(9-13)5-7-18-20/h1-9H,10H2,(H2,17,19,21). The Kier molecular flexibility index (Phi) is 3.75. The summed E-state index contributed by atoms with van der Waals surface area (Å²) >= 11 is 5.81. The average Bonchev–Trinajstić information content (AvgIpc) is 2.94. The minimum atomic E-state index is -0.256. The van der Waals surface area contributed by atoms with Crippen LogP contribution in [-0.2, 0) is 6.54 Å². The smallest absolute Gasteiger partial charge is 0.319 e. The summed E-state index contributed by atoms with van der Waals surface area (Å²) in [6.07, 6.45) is 3.50. The molecule has 5 nitrogen and oxygen atoms in total. The summed E-state index contributed by atoms with van der Waals surface area (Å²) in [5.41, 5.74) is 2.63. The van der Waals surface area contributed by atoms with Gasteiger partial charge in [0.15, 0.2) is 0 Å². The van der Waals surface area contributed by atoms with Crippen molar-refractivity contribution < 1.29 is 4.79 Å². The van der Waals surface area contributed by atoms with Gasteiger partial charge in [-0.2, -0.15) is 5.10 Å². The zero-order chi connectivity index (χ0) is 14.7. The van der Waals surface area contributed by atoms with Crippen LogP contribution in [0.1, 0.15) is 5.56 Å². The van der Waals surface area contributed by atoms with Gasteiger partial charge in [0.25, 0.3) is 0 Å². The van der Waals surface area contributed by atoms with E-state index in [2.05, 4.69) is 15.7 Å². The fraction of sp³-hybridized carbons (Fsp3) is 0.0667. The van der Waals surface area contributed by atoms with Crippen LogP contribution in [0.5, 0.6) is 0 Å². The molecule has 2 N–H and O–H groups in total. The van der Waals surface area contributed by atoms with Gasteiger partial charge in [-0.3, -0.25) is 0 Å². The summed E-state index contributed by atoms with van der Waals surface area (Å²) in [6.45, 7) is 0.442. The maximum Gasteiger partial charge on any atom is 0.319 e. The summed E-state index contributed by atoms with van der Waals surface area (Å²) in [4.78, 5) is 11.9. The third-order valence-corrected chi connectivity index (χ3v) is 3.28. The van der Waals surface area contributed by atoms with E-state index < -0.39 is 0 Å². The molecule has 0 radical (unpaired) electrons. The van der Waals surface area contributed by atoms with E-state index in [1.807, 2.05) is 24.3 Å². The molecule has 0 atom stereocenters. The Morgan fingerprint density at radius 2 is 2.00 bits per heavy atom. The molecule has 0 aliphatic heterocycles. The van der Waals surface area contributed by atoms with Gasteiger partial charge in [0, 0.05) is 29.6 Å². The number of benzene rings is 1. The second-order valence-electron chi connectivity index (χ2n) is 4.55. The lowest BCUT2D eigenvalue weighted by Gasteiger charge is -2.08. The minimum Gasteiger partial charge on any atom is -0.334 e. The van der Waals surface area contributed by atoms with Crippen LogP contribution in [0.3, 0.4) is 0 Å².